The van der Waals surface area contributed by atoms with Crippen molar-refractivity contribution < 1.29 is 9.52 Å². The van der Waals surface area contributed by atoms with Gasteiger partial charge in [-0.2, -0.15) is 0 Å². The van der Waals surface area contributed by atoms with Crippen molar-refractivity contribution in [3.63, 3.8) is 0 Å². The lowest BCUT2D eigenvalue weighted by Gasteiger charge is -2.46. The molecule has 0 saturated heterocycles. The summed E-state index contributed by atoms with van der Waals surface area (Å²) in [6, 6.07) is 14.2. The second-order valence-corrected chi connectivity index (χ2v) is 5.18. The van der Waals surface area contributed by atoms with E-state index in [1.807, 2.05) is 18.2 Å². The second-order valence-electron chi connectivity index (χ2n) is 5.18. The molecule has 1 N–H and O–H groups in total. The SMILES string of the molecule is OC(Cc1ccco1)C1(c2ccccc2)CCC1. The highest BCUT2D eigenvalue weighted by molar-refractivity contribution is 5.30. The molecule has 1 aromatic carbocycles. The second kappa shape index (κ2) is 4.62. The largest absolute Gasteiger partial charge is 0.469 e. The summed E-state index contributed by atoms with van der Waals surface area (Å²) in [5.74, 6) is 0.865. The van der Waals surface area contributed by atoms with Gasteiger partial charge in [0.2, 0.25) is 0 Å². The Morgan fingerprint density at radius 2 is 1.89 bits per heavy atom. The van der Waals surface area contributed by atoms with Crippen molar-refractivity contribution >= 4 is 0 Å². The number of hydrogen-bond donors (Lipinski definition) is 1. The molecule has 1 fully saturated rings. The van der Waals surface area contributed by atoms with Crippen LogP contribution < -0.4 is 0 Å². The first-order valence-corrected chi connectivity index (χ1v) is 6.57. The molecule has 0 amide bonds. The van der Waals surface area contributed by atoms with Gasteiger partial charge in [0.15, 0.2) is 0 Å². The lowest BCUT2D eigenvalue weighted by atomic mass is 9.60. The van der Waals surface area contributed by atoms with Gasteiger partial charge >= 0.3 is 0 Å². The zero-order valence-electron chi connectivity index (χ0n) is 10.4. The maximum atomic E-state index is 10.6. The molecule has 1 aromatic heterocycles. The maximum Gasteiger partial charge on any atom is 0.106 e. The molecule has 94 valence electrons. The highest BCUT2D eigenvalue weighted by Crippen LogP contribution is 2.47. The van der Waals surface area contributed by atoms with E-state index in [1.54, 1.807) is 6.26 Å². The molecule has 18 heavy (non-hydrogen) atoms. The van der Waals surface area contributed by atoms with Gasteiger partial charge in [-0.15, -0.1) is 0 Å². The minimum atomic E-state index is -0.361. The van der Waals surface area contributed by atoms with E-state index in [9.17, 15) is 5.11 Å². The van der Waals surface area contributed by atoms with Gasteiger partial charge in [0.25, 0.3) is 0 Å². The Balaban J connectivity index is 1.83. The molecule has 1 saturated carbocycles. The smallest absolute Gasteiger partial charge is 0.106 e. The molecule has 1 aliphatic rings. The number of hydrogen-bond acceptors (Lipinski definition) is 2. The Morgan fingerprint density at radius 1 is 1.11 bits per heavy atom. The Hall–Kier alpha value is -1.54. The van der Waals surface area contributed by atoms with Gasteiger partial charge in [-0.25, -0.2) is 0 Å². The number of furan rings is 1. The van der Waals surface area contributed by atoms with Crippen molar-refractivity contribution in [1.29, 1.82) is 0 Å². The van der Waals surface area contributed by atoms with Gasteiger partial charge in [-0.3, -0.25) is 0 Å². The molecule has 2 nitrogen and oxygen atoms in total. The molecule has 1 heterocycles. The van der Waals surface area contributed by atoms with E-state index in [4.69, 9.17) is 4.42 Å². The van der Waals surface area contributed by atoms with Crippen LogP contribution in [0, 0.1) is 0 Å². The van der Waals surface area contributed by atoms with Crippen LogP contribution in [0.15, 0.2) is 53.1 Å². The fourth-order valence-electron chi connectivity index (χ4n) is 2.96. The van der Waals surface area contributed by atoms with Crippen LogP contribution in [0.3, 0.4) is 0 Å². The van der Waals surface area contributed by atoms with Gasteiger partial charge in [-0.05, 0) is 30.5 Å². The van der Waals surface area contributed by atoms with E-state index < -0.39 is 0 Å². The van der Waals surface area contributed by atoms with Crippen molar-refractivity contribution in [3.8, 4) is 0 Å². The molecule has 1 unspecified atom stereocenters. The predicted molar refractivity (Wildman–Crippen MR) is 70.4 cm³/mol. The summed E-state index contributed by atoms with van der Waals surface area (Å²) in [4.78, 5) is 0. The van der Waals surface area contributed by atoms with Crippen LogP contribution in [-0.2, 0) is 11.8 Å². The summed E-state index contributed by atoms with van der Waals surface area (Å²) in [6.45, 7) is 0. The summed E-state index contributed by atoms with van der Waals surface area (Å²) in [5, 5.41) is 10.6. The third-order valence-corrected chi connectivity index (χ3v) is 4.21. The molecule has 0 spiro atoms. The molecular weight excluding hydrogens is 224 g/mol. The number of aliphatic hydroxyl groups excluding tert-OH is 1. The van der Waals surface area contributed by atoms with E-state index in [0.29, 0.717) is 6.42 Å². The molecule has 2 heteroatoms. The quantitative estimate of drug-likeness (QED) is 0.892. The third-order valence-electron chi connectivity index (χ3n) is 4.21. The van der Waals surface area contributed by atoms with Crippen LogP contribution in [-0.4, -0.2) is 11.2 Å². The Kier molecular flexibility index (Phi) is 2.96. The first-order chi connectivity index (χ1) is 8.81. The van der Waals surface area contributed by atoms with E-state index in [1.165, 1.54) is 12.0 Å². The van der Waals surface area contributed by atoms with Crippen molar-refractivity contribution in [2.45, 2.75) is 37.2 Å². The fraction of sp³-hybridized carbons (Fsp3) is 0.375. The van der Waals surface area contributed by atoms with Crippen molar-refractivity contribution in [1.82, 2.24) is 0 Å². The van der Waals surface area contributed by atoms with Crippen LogP contribution in [0.1, 0.15) is 30.6 Å². The minimum absolute atomic E-state index is 0.0615. The van der Waals surface area contributed by atoms with Crippen molar-refractivity contribution in [2.75, 3.05) is 0 Å². The highest BCUT2D eigenvalue weighted by atomic mass is 16.3. The first kappa shape index (κ1) is 11.5. The molecule has 1 aliphatic carbocycles. The number of benzene rings is 1. The first-order valence-electron chi connectivity index (χ1n) is 6.57. The lowest BCUT2D eigenvalue weighted by Crippen LogP contribution is -2.46. The maximum absolute atomic E-state index is 10.6. The molecular formula is C16H18O2. The van der Waals surface area contributed by atoms with Gasteiger partial charge in [0.1, 0.15) is 5.76 Å². The van der Waals surface area contributed by atoms with Gasteiger partial charge in [-0.1, -0.05) is 36.8 Å². The van der Waals surface area contributed by atoms with Gasteiger partial charge in [0.05, 0.1) is 12.4 Å². The van der Waals surface area contributed by atoms with Crippen LogP contribution in [0.4, 0.5) is 0 Å². The van der Waals surface area contributed by atoms with Gasteiger partial charge < -0.3 is 9.52 Å². The third kappa shape index (κ3) is 1.87. The standard InChI is InChI=1S/C16H18O2/c17-15(12-14-8-4-11-18-14)16(9-5-10-16)13-6-2-1-3-7-13/h1-4,6-8,11,15,17H,5,9-10,12H2. The zero-order valence-corrected chi connectivity index (χ0v) is 10.4. The van der Waals surface area contributed by atoms with E-state index in [-0.39, 0.29) is 11.5 Å². The van der Waals surface area contributed by atoms with Crippen LogP contribution in [0.2, 0.25) is 0 Å². The Bertz CT molecular complexity index is 483. The molecule has 0 bridgehead atoms. The van der Waals surface area contributed by atoms with E-state index in [0.717, 1.165) is 18.6 Å². The number of aliphatic hydroxyl groups is 1. The zero-order chi connectivity index (χ0) is 12.4. The average molecular weight is 242 g/mol. The summed E-state index contributed by atoms with van der Waals surface area (Å²) >= 11 is 0. The summed E-state index contributed by atoms with van der Waals surface area (Å²) in [6.07, 6.45) is 5.24. The molecule has 0 radical (unpaired) electrons. The molecule has 2 aromatic rings. The highest BCUT2D eigenvalue weighted by Gasteiger charge is 2.44. The summed E-state index contributed by atoms with van der Waals surface area (Å²) < 4.78 is 5.34. The normalized spacial score (nSPS) is 19.2. The average Bonchev–Trinajstić information content (AvgIpc) is 2.82. The summed E-state index contributed by atoms with van der Waals surface area (Å²) in [5.41, 5.74) is 1.20. The Labute approximate surface area is 107 Å². The topological polar surface area (TPSA) is 33.4 Å². The van der Waals surface area contributed by atoms with Crippen LogP contribution in [0.5, 0.6) is 0 Å². The molecule has 3 rings (SSSR count). The van der Waals surface area contributed by atoms with Gasteiger partial charge in [0, 0.05) is 11.8 Å². The predicted octanol–water partition coefficient (Wildman–Crippen LogP) is 3.30. The monoisotopic (exact) mass is 242 g/mol. The van der Waals surface area contributed by atoms with E-state index >= 15 is 0 Å². The van der Waals surface area contributed by atoms with Crippen LogP contribution in [0.25, 0.3) is 0 Å². The fourth-order valence-corrected chi connectivity index (χ4v) is 2.96. The Morgan fingerprint density at radius 3 is 2.44 bits per heavy atom. The lowest BCUT2D eigenvalue weighted by molar-refractivity contribution is 0.0252. The van der Waals surface area contributed by atoms with Crippen molar-refractivity contribution in [3.05, 3.63) is 60.1 Å². The summed E-state index contributed by atoms with van der Waals surface area (Å²) in [7, 11) is 0. The van der Waals surface area contributed by atoms with E-state index in [2.05, 4.69) is 24.3 Å². The van der Waals surface area contributed by atoms with Crippen LogP contribution >= 0.6 is 0 Å². The minimum Gasteiger partial charge on any atom is -0.469 e. The number of rotatable bonds is 4. The molecule has 1 atom stereocenters. The van der Waals surface area contributed by atoms with Crippen molar-refractivity contribution in [2.24, 2.45) is 0 Å². The molecule has 0 aliphatic heterocycles.